The number of methoxy groups -OCH3 is 1. The summed E-state index contributed by atoms with van der Waals surface area (Å²) in [5.74, 6) is 1.13. The van der Waals surface area contributed by atoms with Gasteiger partial charge >= 0.3 is 5.97 Å². The minimum Gasteiger partial charge on any atom is -0.494 e. The van der Waals surface area contributed by atoms with Gasteiger partial charge in [-0.15, -0.1) is 0 Å². The van der Waals surface area contributed by atoms with Gasteiger partial charge in [0.25, 0.3) is 10.0 Å². The number of rotatable bonds is 11. The van der Waals surface area contributed by atoms with Gasteiger partial charge in [-0.25, -0.2) is 13.4 Å². The van der Waals surface area contributed by atoms with Gasteiger partial charge in [0, 0.05) is 28.8 Å². The summed E-state index contributed by atoms with van der Waals surface area (Å²) >= 11 is 5.93. The van der Waals surface area contributed by atoms with Crippen LogP contribution >= 0.6 is 11.6 Å². The number of carbonyl (C=O) groups is 1. The smallest absolute Gasteiger partial charge is 0.305 e. The number of imidazole rings is 1. The molecule has 0 bridgehead atoms. The van der Waals surface area contributed by atoms with Gasteiger partial charge in [-0.3, -0.25) is 14.1 Å². The fourth-order valence-corrected chi connectivity index (χ4v) is 5.56. The van der Waals surface area contributed by atoms with Crippen LogP contribution in [0.5, 0.6) is 5.75 Å². The number of aromatic nitrogens is 2. The minimum atomic E-state index is -3.83. The van der Waals surface area contributed by atoms with E-state index in [1.165, 1.54) is 31.4 Å². The van der Waals surface area contributed by atoms with Crippen LogP contribution in [0.3, 0.4) is 0 Å². The number of halogens is 1. The zero-order valence-corrected chi connectivity index (χ0v) is 23.9. The monoisotopic (exact) mass is 589 g/mol. The van der Waals surface area contributed by atoms with Crippen LogP contribution in [-0.4, -0.2) is 37.7 Å². The molecule has 0 radical (unpaired) electrons. The molecule has 4 aromatic carbocycles. The van der Waals surface area contributed by atoms with Crippen molar-refractivity contribution in [3.05, 3.63) is 102 Å². The molecule has 0 amide bonds. The van der Waals surface area contributed by atoms with Crippen LogP contribution in [0.4, 0.5) is 5.69 Å². The molecular formula is C31H28ClN3O5S. The topological polar surface area (TPSA) is 99.5 Å². The molecule has 0 atom stereocenters. The largest absolute Gasteiger partial charge is 0.494 e. The molecule has 0 spiro atoms. The molecule has 0 saturated heterocycles. The number of anilines is 1. The second-order valence-electron chi connectivity index (χ2n) is 9.28. The van der Waals surface area contributed by atoms with E-state index >= 15 is 0 Å². The van der Waals surface area contributed by atoms with Crippen molar-refractivity contribution in [2.75, 3.05) is 18.4 Å². The average Bonchev–Trinajstić information content (AvgIpc) is 3.36. The zero-order chi connectivity index (χ0) is 28.8. The lowest BCUT2D eigenvalue weighted by Crippen LogP contribution is -2.13. The summed E-state index contributed by atoms with van der Waals surface area (Å²) in [6.45, 7) is 0.449. The van der Waals surface area contributed by atoms with Crippen molar-refractivity contribution in [2.24, 2.45) is 0 Å². The molecule has 8 nitrogen and oxygen atoms in total. The van der Waals surface area contributed by atoms with E-state index in [-0.39, 0.29) is 10.9 Å². The van der Waals surface area contributed by atoms with Crippen molar-refractivity contribution < 1.29 is 22.7 Å². The number of hydrogen-bond donors (Lipinski definition) is 1. The predicted molar refractivity (Wildman–Crippen MR) is 160 cm³/mol. The van der Waals surface area contributed by atoms with Crippen molar-refractivity contribution in [1.82, 2.24) is 9.55 Å². The van der Waals surface area contributed by atoms with Gasteiger partial charge in [-0.2, -0.15) is 0 Å². The van der Waals surface area contributed by atoms with E-state index in [2.05, 4.69) is 9.46 Å². The van der Waals surface area contributed by atoms with E-state index in [0.717, 1.165) is 22.3 Å². The molecule has 0 aliphatic carbocycles. The Morgan fingerprint density at radius 1 is 0.927 bits per heavy atom. The SMILES string of the molecule is COC(=O)CCCCOc1ccc2nc(-c3ccccc3)n(-c3cccc(NS(=O)(=O)c4ccc(Cl)cc4)c3)c2c1. The van der Waals surface area contributed by atoms with E-state index in [0.29, 0.717) is 48.2 Å². The van der Waals surface area contributed by atoms with E-state index in [4.69, 9.17) is 21.3 Å². The number of ether oxygens (including phenoxy) is 2. The number of nitrogens with one attached hydrogen (secondary N) is 1. The van der Waals surface area contributed by atoms with Crippen LogP contribution in [0.25, 0.3) is 28.1 Å². The van der Waals surface area contributed by atoms with E-state index in [9.17, 15) is 13.2 Å². The van der Waals surface area contributed by atoms with Crippen LogP contribution in [0.2, 0.25) is 5.02 Å². The Bertz CT molecular complexity index is 1770. The van der Waals surface area contributed by atoms with Gasteiger partial charge in [0.05, 0.1) is 35.3 Å². The molecular weight excluding hydrogens is 562 g/mol. The van der Waals surface area contributed by atoms with E-state index < -0.39 is 10.0 Å². The lowest BCUT2D eigenvalue weighted by atomic mass is 10.2. The highest BCUT2D eigenvalue weighted by Gasteiger charge is 2.18. The second kappa shape index (κ2) is 12.4. The molecule has 10 heteroatoms. The Balaban J connectivity index is 1.49. The van der Waals surface area contributed by atoms with Crippen molar-refractivity contribution in [2.45, 2.75) is 24.2 Å². The molecule has 1 heterocycles. The lowest BCUT2D eigenvalue weighted by molar-refractivity contribution is -0.140. The Morgan fingerprint density at radius 2 is 1.71 bits per heavy atom. The Kier molecular flexibility index (Phi) is 8.56. The van der Waals surface area contributed by atoms with Gasteiger partial charge < -0.3 is 9.47 Å². The summed E-state index contributed by atoms with van der Waals surface area (Å²) in [5, 5.41) is 0.455. The molecule has 210 valence electrons. The maximum Gasteiger partial charge on any atom is 0.305 e. The highest BCUT2D eigenvalue weighted by atomic mass is 35.5. The predicted octanol–water partition coefficient (Wildman–Crippen LogP) is 6.87. The maximum atomic E-state index is 13.0. The highest BCUT2D eigenvalue weighted by molar-refractivity contribution is 7.92. The minimum absolute atomic E-state index is 0.110. The van der Waals surface area contributed by atoms with Crippen molar-refractivity contribution in [3.63, 3.8) is 0 Å². The molecule has 5 aromatic rings. The lowest BCUT2D eigenvalue weighted by Gasteiger charge is -2.13. The number of esters is 1. The van der Waals surface area contributed by atoms with Crippen LogP contribution in [0.1, 0.15) is 19.3 Å². The first-order valence-corrected chi connectivity index (χ1v) is 14.9. The Morgan fingerprint density at radius 3 is 2.46 bits per heavy atom. The fourth-order valence-electron chi connectivity index (χ4n) is 4.39. The average molecular weight is 590 g/mol. The molecule has 0 fully saturated rings. The first kappa shape index (κ1) is 28.2. The van der Waals surface area contributed by atoms with Crippen LogP contribution in [-0.2, 0) is 19.6 Å². The normalized spacial score (nSPS) is 11.4. The van der Waals surface area contributed by atoms with Crippen LogP contribution in [0.15, 0.2) is 102 Å². The number of nitrogens with zero attached hydrogens (tertiary/aromatic N) is 2. The van der Waals surface area contributed by atoms with Gasteiger partial charge in [-0.1, -0.05) is 48.0 Å². The molecule has 5 rings (SSSR count). The summed E-state index contributed by atoms with van der Waals surface area (Å²) in [6, 6.07) is 28.6. The van der Waals surface area contributed by atoms with Gasteiger partial charge in [-0.05, 0) is 67.4 Å². The number of benzene rings is 4. The standard InChI is InChI=1S/C31H28ClN3O5S/c1-39-30(36)12-5-6-19-40-26-15-18-28-29(21-26)35(31(33-28)22-8-3-2-4-9-22)25-11-7-10-24(20-25)34-41(37,38)27-16-13-23(32)14-17-27/h2-4,7-11,13-18,20-21,34H,5-6,12,19H2,1H3. The van der Waals surface area contributed by atoms with E-state index in [1.54, 1.807) is 18.2 Å². The molecule has 1 aromatic heterocycles. The summed E-state index contributed by atoms with van der Waals surface area (Å²) in [5.41, 5.74) is 3.58. The third-order valence-electron chi connectivity index (χ3n) is 6.41. The number of hydrogen-bond acceptors (Lipinski definition) is 6. The van der Waals surface area contributed by atoms with E-state index in [1.807, 2.05) is 59.2 Å². The number of unbranched alkanes of at least 4 members (excludes halogenated alkanes) is 1. The maximum absolute atomic E-state index is 13.0. The summed E-state index contributed by atoms with van der Waals surface area (Å²) in [6.07, 6.45) is 1.73. The van der Waals surface area contributed by atoms with Gasteiger partial charge in [0.2, 0.25) is 0 Å². The molecule has 0 unspecified atom stereocenters. The number of carbonyl (C=O) groups excluding carboxylic acids is 1. The van der Waals surface area contributed by atoms with Gasteiger partial charge in [0.1, 0.15) is 11.6 Å². The Hall–Kier alpha value is -4.34. The molecule has 0 saturated carbocycles. The first-order valence-electron chi connectivity index (χ1n) is 13.0. The first-order chi connectivity index (χ1) is 19.8. The summed E-state index contributed by atoms with van der Waals surface area (Å²) in [7, 11) is -2.45. The zero-order valence-electron chi connectivity index (χ0n) is 22.3. The second-order valence-corrected chi connectivity index (χ2v) is 11.4. The van der Waals surface area contributed by atoms with Gasteiger partial charge in [0.15, 0.2) is 0 Å². The summed E-state index contributed by atoms with van der Waals surface area (Å²) < 4.78 is 41.4. The number of sulfonamides is 1. The molecule has 41 heavy (non-hydrogen) atoms. The van der Waals surface area contributed by atoms with Crippen molar-refractivity contribution >= 4 is 44.3 Å². The highest BCUT2D eigenvalue weighted by Crippen LogP contribution is 2.32. The Labute approximate surface area is 243 Å². The third-order valence-corrected chi connectivity index (χ3v) is 8.06. The van der Waals surface area contributed by atoms with Crippen molar-refractivity contribution in [3.8, 4) is 22.8 Å². The molecule has 0 aliphatic heterocycles. The number of fused-ring (bicyclic) bond motifs is 1. The van der Waals surface area contributed by atoms with Crippen LogP contribution in [0, 0.1) is 0 Å². The molecule has 0 aliphatic rings. The molecule has 1 N–H and O–H groups in total. The van der Waals surface area contributed by atoms with Crippen molar-refractivity contribution in [1.29, 1.82) is 0 Å². The third kappa shape index (κ3) is 6.70. The van der Waals surface area contributed by atoms with Crippen LogP contribution < -0.4 is 9.46 Å². The summed E-state index contributed by atoms with van der Waals surface area (Å²) in [4.78, 5) is 16.4. The fraction of sp³-hybridized carbons (Fsp3) is 0.161. The quantitative estimate of drug-likeness (QED) is 0.133.